The van der Waals surface area contributed by atoms with Crippen molar-refractivity contribution >= 4 is 56.0 Å². The average Bonchev–Trinajstić information content (AvgIpc) is 1.54. The van der Waals surface area contributed by atoms with Gasteiger partial charge >= 0.3 is 0 Å². The molecule has 14 aromatic rings. The molecule has 0 fully saturated rings. The Morgan fingerprint density at radius 2 is 0.329 bits per heavy atom. The highest BCUT2D eigenvalue weighted by Gasteiger charge is 2.43. The largest absolute Gasteiger partial charge is 0.353 e. The van der Waals surface area contributed by atoms with Crippen molar-refractivity contribution in [1.29, 1.82) is 0 Å². The van der Waals surface area contributed by atoms with Crippen molar-refractivity contribution in [3.8, 4) is 44.5 Å². The third kappa shape index (κ3) is 18.5. The van der Waals surface area contributed by atoms with Crippen LogP contribution < -0.4 is 10.7 Å². The number of hydrogen-bond donors (Lipinski definition) is 2. The van der Waals surface area contributed by atoms with Gasteiger partial charge in [0.25, 0.3) is 0 Å². The molecule has 714 valence electrons. The molecule has 4 heteroatoms. The summed E-state index contributed by atoms with van der Waals surface area (Å²) in [5.74, 6) is 0. The van der Waals surface area contributed by atoms with Gasteiger partial charge in [0.1, 0.15) is 0 Å². The number of aliphatic imine (C=N–C) groups is 2. The van der Waals surface area contributed by atoms with E-state index in [-0.39, 0.29) is 43.3 Å². The number of nitrogens with zero attached hydrogens (tertiary/aromatic N) is 2. The highest BCUT2D eigenvalue weighted by atomic mass is 14.9. The minimum Gasteiger partial charge on any atom is -0.353 e. The minimum absolute atomic E-state index is 0.183. The molecule has 0 spiro atoms. The van der Waals surface area contributed by atoms with Crippen molar-refractivity contribution in [3.63, 3.8) is 0 Å². The summed E-state index contributed by atoms with van der Waals surface area (Å²) in [4.78, 5) is 24.0. The minimum atomic E-state index is -0.184. The fourth-order valence-corrected chi connectivity index (χ4v) is 22.5. The van der Waals surface area contributed by atoms with Crippen molar-refractivity contribution in [2.45, 2.75) is 293 Å². The van der Waals surface area contributed by atoms with Gasteiger partial charge in [0.2, 0.25) is 0 Å². The van der Waals surface area contributed by atoms with Crippen LogP contribution in [0.2, 0.25) is 0 Å². The second-order valence-electron chi connectivity index (χ2n) is 49.6. The topological polar surface area (TPSA) is 56.3 Å². The van der Waals surface area contributed by atoms with Gasteiger partial charge in [0.05, 0.1) is 44.9 Å². The van der Waals surface area contributed by atoms with Gasteiger partial charge in [-0.15, -0.1) is 0 Å². The van der Waals surface area contributed by atoms with Gasteiger partial charge in [-0.25, -0.2) is 9.98 Å². The molecule has 4 heterocycles. The number of allylic oxidation sites excluding steroid dienone is 4. The fourth-order valence-electron chi connectivity index (χ4n) is 22.5. The molecule has 0 saturated heterocycles. The van der Waals surface area contributed by atoms with E-state index in [4.69, 9.17) is 20.0 Å². The molecule has 140 heavy (non-hydrogen) atoms. The van der Waals surface area contributed by atoms with Crippen molar-refractivity contribution in [2.24, 2.45) is 9.98 Å². The van der Waals surface area contributed by atoms with E-state index in [2.05, 4.69) is 492 Å². The normalized spacial score (nSPS) is 14.4. The Bertz CT molecular complexity index is 7120. The van der Waals surface area contributed by atoms with Gasteiger partial charge < -0.3 is 9.97 Å². The van der Waals surface area contributed by atoms with Gasteiger partial charge in [-0.05, 0) is 282 Å². The molecule has 0 unspecified atom stereocenters. The van der Waals surface area contributed by atoms with Crippen molar-refractivity contribution in [2.75, 3.05) is 0 Å². The maximum absolute atomic E-state index is 7.13. The van der Waals surface area contributed by atoms with E-state index in [1.165, 1.54) is 66.8 Å². The lowest BCUT2D eigenvalue weighted by Crippen LogP contribution is -2.25. The SMILES string of the molecule is Cc1cc(C)c(C2=C3N=C(C(c4ccc(C(C)(C)C)cc4)=C3c3ccc(C(C)(C)C)cc3)C(c3c(C)cc(C)cc3C)=c3[nH]c(c(-c4ccc(C(C)(C)C)cc4)c3-c3ccc(C(C)(C)C)cc3)=C(c3c(C)cc(C)cc3C)C3=NC(=C(c4c(C)cc(C)cc4C)c4[nH]c2c(-c2ccc(C(C)(C)C)cc2)c4-c2ccc(C(C)(C)C)cc2)C(c2ccc(C(C)(C)C)cc2)=C3c2ccc(C(C)(C)C)cc2)c(C)c1. The quantitative estimate of drug-likeness (QED) is 0.122. The summed E-state index contributed by atoms with van der Waals surface area (Å²) in [6, 6.07) is 96.8. The van der Waals surface area contributed by atoms with Gasteiger partial charge in [0, 0.05) is 66.8 Å². The summed E-state index contributed by atoms with van der Waals surface area (Å²) in [5.41, 5.74) is 52.8. The van der Waals surface area contributed by atoms with Gasteiger partial charge in [0.15, 0.2) is 0 Å². The molecule has 17 rings (SSSR count). The lowest BCUT2D eigenvalue weighted by Gasteiger charge is -2.23. The Morgan fingerprint density at radius 3 is 0.514 bits per heavy atom. The Kier molecular flexibility index (Phi) is 25.3. The number of H-pyrrole nitrogens is 2. The number of nitrogens with one attached hydrogen (secondary N) is 2. The van der Waals surface area contributed by atoms with E-state index in [1.54, 1.807) is 0 Å². The molecule has 2 aromatic heterocycles. The van der Waals surface area contributed by atoms with Crippen LogP contribution in [0.15, 0.2) is 264 Å². The zero-order chi connectivity index (χ0) is 101. The highest BCUT2D eigenvalue weighted by molar-refractivity contribution is 6.53. The van der Waals surface area contributed by atoms with Gasteiger partial charge in [-0.3, -0.25) is 0 Å². The Morgan fingerprint density at radius 1 is 0.164 bits per heavy atom. The van der Waals surface area contributed by atoms with Gasteiger partial charge in [-0.1, -0.05) is 431 Å². The van der Waals surface area contributed by atoms with Crippen LogP contribution in [-0.2, 0) is 43.3 Å². The second kappa shape index (κ2) is 35.8. The number of aromatic amines is 2. The van der Waals surface area contributed by atoms with Crippen LogP contribution in [0, 0.1) is 83.1 Å². The van der Waals surface area contributed by atoms with Crippen LogP contribution in [0.5, 0.6) is 0 Å². The van der Waals surface area contributed by atoms with Gasteiger partial charge in [-0.2, -0.15) is 0 Å². The zero-order valence-electron chi connectivity index (χ0n) is 91.0. The molecule has 1 aliphatic carbocycles. The number of fused-ring (bicyclic) bond motifs is 10. The monoisotopic (exact) mass is 1840 g/mol. The zero-order valence-corrected chi connectivity index (χ0v) is 91.0. The number of hydrogen-bond acceptors (Lipinski definition) is 2. The standard InChI is InChI=1S/C136H150N4/c1-77-69-81(5)105(82(6)70-77)117-121-109(89-37-53-97(54-38-89)129(13,14)15)111(91-41-57-99(58-42-91)131(19,20)21)123(137-121)118(106-83(7)71-78(2)72-84(106)8)125-113(93-45-61-101(62-46-93)133(25,26)27)115(95-49-65-103(66-50-95)135(31,32)33)127(139-125)120(108-87(11)75-80(4)76-88(108)12)128-116(96-51-67-104(68-52-96)136(34,35)36)114(94-47-63-102(64-48-94)134(28,29)30)126(140-128)119(107-85(9)73-79(3)74-86(107)10)124-112(92-43-59-100(60-44-92)132(22,23)24)110(122(117)138-124)90-39-55-98(56-40-90)130(16,17)18/h37-76,137,140H,1-36H3. The summed E-state index contributed by atoms with van der Waals surface area (Å²) in [6.45, 7) is 84.1. The molecule has 0 amide bonds. The Hall–Kier alpha value is -12.8. The molecular formula is C136H150N4. The molecule has 2 N–H and O–H groups in total. The van der Waals surface area contributed by atoms with Crippen molar-refractivity contribution < 1.29 is 0 Å². The van der Waals surface area contributed by atoms with Crippen LogP contribution in [-0.4, -0.2) is 21.4 Å². The van der Waals surface area contributed by atoms with Crippen molar-refractivity contribution in [3.05, 3.63) is 432 Å². The smallest absolute Gasteiger partial charge is 0.0822 e. The van der Waals surface area contributed by atoms with Crippen molar-refractivity contribution in [1.82, 2.24) is 9.97 Å². The van der Waals surface area contributed by atoms with Crippen LogP contribution in [0.4, 0.5) is 0 Å². The number of aryl methyl sites for hydroxylation is 12. The predicted molar refractivity (Wildman–Crippen MR) is 606 cm³/mol. The highest BCUT2D eigenvalue weighted by Crippen LogP contribution is 2.58. The summed E-state index contributed by atoms with van der Waals surface area (Å²) in [6.07, 6.45) is 0. The molecule has 0 saturated carbocycles. The number of benzene rings is 12. The summed E-state index contributed by atoms with van der Waals surface area (Å²) in [7, 11) is 0. The first kappa shape index (κ1) is 98.8. The maximum Gasteiger partial charge on any atom is 0.0822 e. The first-order valence-electron chi connectivity index (χ1n) is 51.1. The molecule has 2 aliphatic heterocycles. The summed E-state index contributed by atoms with van der Waals surface area (Å²) >= 11 is 0. The Balaban J connectivity index is 1.32. The predicted octanol–water partition coefficient (Wildman–Crippen LogP) is 34.9. The van der Waals surface area contributed by atoms with E-state index < -0.39 is 0 Å². The maximum atomic E-state index is 7.13. The van der Waals surface area contributed by atoms with Crippen LogP contribution >= 0.6 is 0 Å². The van der Waals surface area contributed by atoms with Crippen LogP contribution in [0.25, 0.3) is 89.1 Å². The Labute approximate surface area is 839 Å². The fraction of sp³-hybridized carbons (Fsp3) is 0.324. The van der Waals surface area contributed by atoms with E-state index in [9.17, 15) is 0 Å². The molecular weight excluding hydrogens is 1690 g/mol. The van der Waals surface area contributed by atoms with E-state index in [0.29, 0.717) is 0 Å². The van der Waals surface area contributed by atoms with Crippen LogP contribution in [0.1, 0.15) is 333 Å². The average molecular weight is 1840 g/mol. The molecule has 0 atom stereocenters. The van der Waals surface area contributed by atoms with Crippen LogP contribution in [0.3, 0.4) is 0 Å². The molecule has 8 bridgehead atoms. The lowest BCUT2D eigenvalue weighted by atomic mass is 9.79. The third-order valence-electron chi connectivity index (χ3n) is 29.9. The number of rotatable bonds is 12. The molecule has 4 nitrogen and oxygen atoms in total. The molecule has 0 radical (unpaired) electrons. The summed E-state index contributed by atoms with van der Waals surface area (Å²) in [5, 5.41) is 1.88. The lowest BCUT2D eigenvalue weighted by molar-refractivity contribution is 0.590. The number of aromatic nitrogens is 2. The van der Waals surface area contributed by atoms with E-state index >= 15 is 0 Å². The first-order chi connectivity index (χ1) is 65.4. The third-order valence-corrected chi connectivity index (χ3v) is 29.9. The summed E-state index contributed by atoms with van der Waals surface area (Å²) < 4.78 is 0. The first-order valence-corrected chi connectivity index (χ1v) is 51.1. The molecule has 3 aliphatic rings. The second-order valence-corrected chi connectivity index (χ2v) is 49.6. The molecule has 12 aromatic carbocycles. The van der Waals surface area contributed by atoms with E-state index in [1.807, 2.05) is 0 Å². The van der Waals surface area contributed by atoms with E-state index in [0.717, 1.165) is 223 Å².